The van der Waals surface area contributed by atoms with E-state index in [1.165, 1.54) is 5.39 Å². The van der Waals surface area contributed by atoms with Crippen LogP contribution in [0.2, 0.25) is 0 Å². The molecule has 2 aromatic rings. The molecule has 1 aliphatic heterocycles. The fourth-order valence-electron chi connectivity index (χ4n) is 2.94. The maximum absolute atomic E-state index is 5.78. The van der Waals surface area contributed by atoms with Gasteiger partial charge in [0.25, 0.3) is 0 Å². The smallest absolute Gasteiger partial charge is 0.0936 e. The van der Waals surface area contributed by atoms with Crippen LogP contribution in [0.15, 0.2) is 30.3 Å². The van der Waals surface area contributed by atoms with E-state index in [1.807, 2.05) is 6.92 Å². The summed E-state index contributed by atoms with van der Waals surface area (Å²) in [5.41, 5.74) is 3.22. The number of aryl methyl sites for hydroxylation is 1. The highest BCUT2D eigenvalue weighted by molar-refractivity contribution is 5.90. The number of fused-ring (bicyclic) bond motifs is 1. The van der Waals surface area contributed by atoms with E-state index in [2.05, 4.69) is 54.5 Å². The largest absolute Gasteiger partial charge is 0.380 e. The van der Waals surface area contributed by atoms with Gasteiger partial charge < -0.3 is 10.1 Å². The number of nitrogens with zero attached hydrogens (tertiary/aromatic N) is 1. The molecule has 1 aromatic carbocycles. The summed E-state index contributed by atoms with van der Waals surface area (Å²) in [6.07, 6.45) is 2.07. The van der Waals surface area contributed by atoms with E-state index in [9.17, 15) is 0 Å². The van der Waals surface area contributed by atoms with E-state index >= 15 is 0 Å². The van der Waals surface area contributed by atoms with Crippen LogP contribution in [0.1, 0.15) is 32.4 Å². The zero-order valence-corrected chi connectivity index (χ0v) is 12.4. The summed E-state index contributed by atoms with van der Waals surface area (Å²) in [5, 5.41) is 4.85. The lowest BCUT2D eigenvalue weighted by atomic mass is 9.93. The highest BCUT2D eigenvalue weighted by Crippen LogP contribution is 2.29. The molecule has 0 amide bonds. The molecule has 1 unspecified atom stereocenters. The van der Waals surface area contributed by atoms with Crippen LogP contribution in [0.25, 0.3) is 10.9 Å². The predicted molar refractivity (Wildman–Crippen MR) is 83.2 cm³/mol. The van der Waals surface area contributed by atoms with Crippen molar-refractivity contribution in [1.29, 1.82) is 0 Å². The van der Waals surface area contributed by atoms with Crippen LogP contribution in [0.3, 0.4) is 0 Å². The van der Waals surface area contributed by atoms with Crippen molar-refractivity contribution in [3.8, 4) is 0 Å². The molecule has 1 saturated heterocycles. The third-order valence-electron chi connectivity index (χ3n) is 3.92. The number of benzene rings is 1. The average Bonchev–Trinajstić information content (AvgIpc) is 2.38. The summed E-state index contributed by atoms with van der Waals surface area (Å²) in [6.45, 7) is 7.17. The summed E-state index contributed by atoms with van der Waals surface area (Å²) >= 11 is 0. The van der Waals surface area contributed by atoms with Crippen LogP contribution in [-0.2, 0) is 4.74 Å². The molecular weight excluding hydrogens is 248 g/mol. The Bertz CT molecular complexity index is 621. The molecule has 20 heavy (non-hydrogen) atoms. The van der Waals surface area contributed by atoms with Gasteiger partial charge in [0.15, 0.2) is 0 Å². The van der Waals surface area contributed by atoms with Gasteiger partial charge in [-0.15, -0.1) is 0 Å². The van der Waals surface area contributed by atoms with E-state index in [-0.39, 0.29) is 5.60 Å². The van der Waals surface area contributed by atoms with Gasteiger partial charge in [0.2, 0.25) is 0 Å². The molecule has 1 N–H and O–H groups in total. The topological polar surface area (TPSA) is 34.1 Å². The second-order valence-electron chi connectivity index (χ2n) is 6.27. The molecule has 3 nitrogen and oxygen atoms in total. The first kappa shape index (κ1) is 13.4. The first-order valence-corrected chi connectivity index (χ1v) is 7.30. The maximum atomic E-state index is 5.78. The normalized spacial score (nSPS) is 21.9. The number of nitrogens with one attached hydrogen (secondary N) is 1. The maximum Gasteiger partial charge on any atom is 0.0936 e. The zero-order valence-electron chi connectivity index (χ0n) is 12.4. The predicted octanol–water partition coefficient (Wildman–Crippen LogP) is 3.91. The van der Waals surface area contributed by atoms with Crippen LogP contribution < -0.4 is 5.32 Å². The molecule has 106 valence electrons. The third kappa shape index (κ3) is 2.78. The van der Waals surface area contributed by atoms with Crippen LogP contribution >= 0.6 is 0 Å². The van der Waals surface area contributed by atoms with Gasteiger partial charge in [0, 0.05) is 23.7 Å². The molecule has 3 rings (SSSR count). The van der Waals surface area contributed by atoms with Crippen LogP contribution in [0.4, 0.5) is 5.69 Å². The molecule has 2 heterocycles. The molecule has 0 spiro atoms. The molecule has 0 saturated carbocycles. The van der Waals surface area contributed by atoms with E-state index < -0.39 is 0 Å². The lowest BCUT2D eigenvalue weighted by Crippen LogP contribution is -2.40. The SMILES string of the molecule is Cc1ccc2cccc(NC3CCOC(C)(C)C3)c2n1. The van der Waals surface area contributed by atoms with Crippen LogP contribution in [0, 0.1) is 6.92 Å². The lowest BCUT2D eigenvalue weighted by Gasteiger charge is -2.36. The summed E-state index contributed by atoms with van der Waals surface area (Å²) in [6, 6.07) is 11.0. The van der Waals surface area contributed by atoms with E-state index in [0.29, 0.717) is 6.04 Å². The van der Waals surface area contributed by atoms with Gasteiger partial charge in [0.05, 0.1) is 16.8 Å². The Labute approximate surface area is 120 Å². The third-order valence-corrected chi connectivity index (χ3v) is 3.92. The first-order valence-electron chi connectivity index (χ1n) is 7.30. The Kier molecular flexibility index (Phi) is 3.38. The van der Waals surface area contributed by atoms with Crippen LogP contribution in [0.5, 0.6) is 0 Å². The number of anilines is 1. The van der Waals surface area contributed by atoms with Crippen molar-refractivity contribution in [2.24, 2.45) is 0 Å². The van der Waals surface area contributed by atoms with Gasteiger partial charge >= 0.3 is 0 Å². The fourth-order valence-corrected chi connectivity index (χ4v) is 2.94. The summed E-state index contributed by atoms with van der Waals surface area (Å²) in [4.78, 5) is 4.68. The lowest BCUT2D eigenvalue weighted by molar-refractivity contribution is -0.0553. The molecule has 1 fully saturated rings. The van der Waals surface area contributed by atoms with Gasteiger partial charge in [-0.05, 0) is 45.7 Å². The second kappa shape index (κ2) is 5.06. The summed E-state index contributed by atoms with van der Waals surface area (Å²) in [7, 11) is 0. The highest BCUT2D eigenvalue weighted by Gasteiger charge is 2.28. The van der Waals surface area contributed by atoms with Crippen molar-refractivity contribution < 1.29 is 4.74 Å². The van der Waals surface area contributed by atoms with Gasteiger partial charge in [-0.1, -0.05) is 18.2 Å². The standard InChI is InChI=1S/C17H22N2O/c1-12-7-8-13-5-4-6-15(16(13)18-12)19-14-9-10-20-17(2,3)11-14/h4-8,14,19H,9-11H2,1-3H3. The first-order chi connectivity index (χ1) is 9.53. The number of hydrogen-bond acceptors (Lipinski definition) is 3. The summed E-state index contributed by atoms with van der Waals surface area (Å²) in [5.74, 6) is 0. The minimum Gasteiger partial charge on any atom is -0.380 e. The number of para-hydroxylation sites is 1. The fraction of sp³-hybridized carbons (Fsp3) is 0.471. The van der Waals surface area contributed by atoms with Crippen molar-refractivity contribution in [3.63, 3.8) is 0 Å². The van der Waals surface area contributed by atoms with Gasteiger partial charge in [-0.25, -0.2) is 0 Å². The Morgan fingerprint density at radius 3 is 2.90 bits per heavy atom. The second-order valence-corrected chi connectivity index (χ2v) is 6.27. The van der Waals surface area contributed by atoms with Gasteiger partial charge in [0.1, 0.15) is 0 Å². The van der Waals surface area contributed by atoms with E-state index in [4.69, 9.17) is 4.74 Å². The monoisotopic (exact) mass is 270 g/mol. The Hall–Kier alpha value is -1.61. The van der Waals surface area contributed by atoms with Crippen molar-refractivity contribution in [3.05, 3.63) is 36.0 Å². The molecule has 1 aromatic heterocycles. The minimum absolute atomic E-state index is 0.0379. The van der Waals surface area contributed by atoms with Gasteiger partial charge in [-0.2, -0.15) is 0 Å². The van der Waals surface area contributed by atoms with E-state index in [1.54, 1.807) is 0 Å². The van der Waals surface area contributed by atoms with Crippen molar-refractivity contribution in [1.82, 2.24) is 4.98 Å². The highest BCUT2D eigenvalue weighted by atomic mass is 16.5. The van der Waals surface area contributed by atoms with Crippen LogP contribution in [-0.4, -0.2) is 23.2 Å². The number of hydrogen-bond donors (Lipinski definition) is 1. The van der Waals surface area contributed by atoms with Crippen molar-refractivity contribution >= 4 is 16.6 Å². The molecule has 1 atom stereocenters. The number of rotatable bonds is 2. The molecule has 1 aliphatic rings. The average molecular weight is 270 g/mol. The summed E-state index contributed by atoms with van der Waals surface area (Å²) < 4.78 is 5.78. The van der Waals surface area contributed by atoms with Gasteiger partial charge in [-0.3, -0.25) is 4.98 Å². The minimum atomic E-state index is -0.0379. The quantitative estimate of drug-likeness (QED) is 0.898. The number of pyridine rings is 1. The molecule has 0 aliphatic carbocycles. The molecule has 0 radical (unpaired) electrons. The zero-order chi connectivity index (χ0) is 14.2. The Morgan fingerprint density at radius 1 is 1.25 bits per heavy atom. The molecular formula is C17H22N2O. The number of aromatic nitrogens is 1. The Balaban J connectivity index is 1.89. The number of ether oxygens (including phenoxy) is 1. The Morgan fingerprint density at radius 2 is 2.10 bits per heavy atom. The molecule has 3 heteroatoms. The van der Waals surface area contributed by atoms with Crippen molar-refractivity contribution in [2.45, 2.75) is 45.3 Å². The molecule has 0 bridgehead atoms. The van der Waals surface area contributed by atoms with Crippen molar-refractivity contribution in [2.75, 3.05) is 11.9 Å². The van der Waals surface area contributed by atoms with E-state index in [0.717, 1.165) is 36.3 Å².